The number of phenolic OH excluding ortho intramolecular Hbond substituents is 1. The number of thiol groups is 1. The van der Waals surface area contributed by atoms with Crippen LogP contribution in [0.25, 0.3) is 0 Å². The molecule has 2 amide bonds. The maximum absolute atomic E-state index is 12.6. The first-order valence-electron chi connectivity index (χ1n) is 9.27. The van der Waals surface area contributed by atoms with Gasteiger partial charge in [0.2, 0.25) is 0 Å². The van der Waals surface area contributed by atoms with Crippen LogP contribution in [0.2, 0.25) is 0 Å². The van der Waals surface area contributed by atoms with Crippen LogP contribution in [0.3, 0.4) is 0 Å². The number of nitrogens with one attached hydrogen (secondary N) is 1. The van der Waals surface area contributed by atoms with Gasteiger partial charge in [-0.2, -0.15) is 0 Å². The summed E-state index contributed by atoms with van der Waals surface area (Å²) in [5.74, 6) is 0.458. The predicted molar refractivity (Wildman–Crippen MR) is 109 cm³/mol. The van der Waals surface area contributed by atoms with Gasteiger partial charge in [0.15, 0.2) is 6.10 Å². The summed E-state index contributed by atoms with van der Waals surface area (Å²) in [5, 5.41) is 12.3. The lowest BCUT2D eigenvalue weighted by Gasteiger charge is -2.34. The number of phenols is 1. The van der Waals surface area contributed by atoms with Crippen LogP contribution < -0.4 is 10.1 Å². The molecule has 0 saturated carbocycles. The number of nitrogens with zero attached hydrogens (tertiary/aromatic N) is 1. The molecular weight excluding hydrogens is 376 g/mol. The number of likely N-dealkylation sites (tertiary alicyclic amines) is 1. The smallest absolute Gasteiger partial charge is 0.263 e. The summed E-state index contributed by atoms with van der Waals surface area (Å²) >= 11 is 4.32. The number of rotatable bonds is 5. The molecule has 1 aliphatic heterocycles. The van der Waals surface area contributed by atoms with Crippen molar-refractivity contribution in [2.45, 2.75) is 36.8 Å². The van der Waals surface area contributed by atoms with Crippen molar-refractivity contribution in [2.24, 2.45) is 0 Å². The van der Waals surface area contributed by atoms with Crippen LogP contribution in [-0.2, 0) is 4.79 Å². The minimum absolute atomic E-state index is 0.0258. The number of hydrogen-bond acceptors (Lipinski definition) is 5. The Morgan fingerprint density at radius 2 is 1.79 bits per heavy atom. The molecule has 1 unspecified atom stereocenters. The number of piperidine rings is 1. The lowest BCUT2D eigenvalue weighted by Crippen LogP contribution is -2.49. The van der Waals surface area contributed by atoms with E-state index in [0.717, 1.165) is 0 Å². The quantitative estimate of drug-likeness (QED) is 0.675. The third kappa shape index (κ3) is 4.98. The zero-order valence-corrected chi connectivity index (χ0v) is 16.6. The Labute approximate surface area is 169 Å². The molecule has 0 radical (unpaired) electrons. The summed E-state index contributed by atoms with van der Waals surface area (Å²) in [6, 6.07) is 13.5. The molecule has 0 aliphatic carbocycles. The van der Waals surface area contributed by atoms with Crippen LogP contribution in [-0.4, -0.2) is 47.1 Å². The third-order valence-electron chi connectivity index (χ3n) is 4.79. The van der Waals surface area contributed by atoms with E-state index in [0.29, 0.717) is 42.1 Å². The molecule has 28 heavy (non-hydrogen) atoms. The first kappa shape index (κ1) is 20.1. The standard InChI is InChI=1S/C21H24N2O4S/c1-14(27-17-8-6-16(24)7-9-17)21(26)23-12-10-15(11-13-23)22-20(25)18-4-2-3-5-19(18)28/h2-9,14-15,24,28H,10-13H2,1H3,(H,22,25). The Hall–Kier alpha value is -2.67. The van der Waals surface area contributed by atoms with E-state index >= 15 is 0 Å². The van der Waals surface area contributed by atoms with E-state index in [9.17, 15) is 14.7 Å². The molecule has 1 heterocycles. The van der Waals surface area contributed by atoms with Gasteiger partial charge in [0, 0.05) is 24.0 Å². The Morgan fingerprint density at radius 3 is 2.43 bits per heavy atom. The molecule has 0 aromatic heterocycles. The fourth-order valence-corrected chi connectivity index (χ4v) is 3.47. The van der Waals surface area contributed by atoms with Crippen LogP contribution in [0.5, 0.6) is 11.5 Å². The Kier molecular flexibility index (Phi) is 6.46. The third-order valence-corrected chi connectivity index (χ3v) is 5.18. The monoisotopic (exact) mass is 400 g/mol. The number of aromatic hydroxyl groups is 1. The summed E-state index contributed by atoms with van der Waals surface area (Å²) in [6.45, 7) is 2.85. The molecule has 3 rings (SSSR count). The van der Waals surface area contributed by atoms with Crippen molar-refractivity contribution < 1.29 is 19.4 Å². The minimum Gasteiger partial charge on any atom is -0.508 e. The average molecular weight is 401 g/mol. The second kappa shape index (κ2) is 9.01. The average Bonchev–Trinajstić information content (AvgIpc) is 2.70. The SMILES string of the molecule is CC(Oc1ccc(O)cc1)C(=O)N1CCC(NC(=O)c2ccccc2S)CC1. The van der Waals surface area contributed by atoms with E-state index in [1.54, 1.807) is 36.1 Å². The van der Waals surface area contributed by atoms with Gasteiger partial charge in [-0.05, 0) is 56.2 Å². The lowest BCUT2D eigenvalue weighted by atomic mass is 10.0. The fraction of sp³-hybridized carbons (Fsp3) is 0.333. The summed E-state index contributed by atoms with van der Waals surface area (Å²) < 4.78 is 5.67. The number of ether oxygens (including phenoxy) is 1. The number of carbonyl (C=O) groups excluding carboxylic acids is 2. The number of benzene rings is 2. The Morgan fingerprint density at radius 1 is 1.14 bits per heavy atom. The molecule has 2 N–H and O–H groups in total. The molecule has 0 spiro atoms. The van der Waals surface area contributed by atoms with Crippen LogP contribution >= 0.6 is 12.6 Å². The molecule has 6 nitrogen and oxygen atoms in total. The van der Waals surface area contributed by atoms with Gasteiger partial charge in [-0.25, -0.2) is 0 Å². The molecule has 148 valence electrons. The van der Waals surface area contributed by atoms with E-state index in [4.69, 9.17) is 4.74 Å². The molecule has 1 saturated heterocycles. The zero-order chi connectivity index (χ0) is 20.1. The van der Waals surface area contributed by atoms with Gasteiger partial charge in [0.25, 0.3) is 11.8 Å². The fourth-order valence-electron chi connectivity index (χ4n) is 3.21. The van der Waals surface area contributed by atoms with Crippen molar-refractivity contribution in [3.8, 4) is 11.5 Å². The number of hydrogen-bond donors (Lipinski definition) is 3. The van der Waals surface area contributed by atoms with Crippen LogP contribution in [0, 0.1) is 0 Å². The normalized spacial score (nSPS) is 15.7. The van der Waals surface area contributed by atoms with Crippen molar-refractivity contribution in [1.29, 1.82) is 0 Å². The van der Waals surface area contributed by atoms with Crippen LogP contribution in [0.4, 0.5) is 0 Å². The first-order chi connectivity index (χ1) is 13.4. The minimum atomic E-state index is -0.619. The molecule has 1 fully saturated rings. The molecule has 2 aromatic carbocycles. The Balaban J connectivity index is 1.49. The van der Waals surface area contributed by atoms with E-state index in [-0.39, 0.29) is 23.6 Å². The number of amides is 2. The van der Waals surface area contributed by atoms with Gasteiger partial charge >= 0.3 is 0 Å². The van der Waals surface area contributed by atoms with Gasteiger partial charge in [-0.15, -0.1) is 12.6 Å². The second-order valence-corrected chi connectivity index (χ2v) is 7.33. The number of carbonyl (C=O) groups is 2. The summed E-state index contributed by atoms with van der Waals surface area (Å²) in [5.41, 5.74) is 0.556. The molecule has 2 aromatic rings. The molecule has 1 aliphatic rings. The van der Waals surface area contributed by atoms with Crippen LogP contribution in [0.15, 0.2) is 53.4 Å². The second-order valence-electron chi connectivity index (χ2n) is 6.84. The molecular formula is C21H24N2O4S. The maximum Gasteiger partial charge on any atom is 0.263 e. The molecule has 0 bridgehead atoms. The summed E-state index contributed by atoms with van der Waals surface area (Å²) in [6.07, 6.45) is 0.766. The highest BCUT2D eigenvalue weighted by Crippen LogP contribution is 2.19. The van der Waals surface area contributed by atoms with E-state index in [2.05, 4.69) is 17.9 Å². The van der Waals surface area contributed by atoms with Crippen molar-refractivity contribution in [1.82, 2.24) is 10.2 Å². The topological polar surface area (TPSA) is 78.9 Å². The first-order valence-corrected chi connectivity index (χ1v) is 9.72. The summed E-state index contributed by atoms with van der Waals surface area (Å²) in [4.78, 5) is 27.4. The zero-order valence-electron chi connectivity index (χ0n) is 15.7. The molecule has 1 atom stereocenters. The highest BCUT2D eigenvalue weighted by Gasteiger charge is 2.28. The Bertz CT molecular complexity index is 833. The van der Waals surface area contributed by atoms with E-state index in [1.165, 1.54) is 12.1 Å². The van der Waals surface area contributed by atoms with Crippen molar-refractivity contribution in [3.05, 3.63) is 54.1 Å². The van der Waals surface area contributed by atoms with Crippen molar-refractivity contribution in [3.63, 3.8) is 0 Å². The largest absolute Gasteiger partial charge is 0.508 e. The highest BCUT2D eigenvalue weighted by atomic mass is 32.1. The predicted octanol–water partition coefficient (Wildman–Crippen LogP) is 2.87. The van der Waals surface area contributed by atoms with E-state index in [1.807, 2.05) is 12.1 Å². The maximum atomic E-state index is 12.6. The van der Waals surface area contributed by atoms with Gasteiger partial charge in [0.05, 0.1) is 5.56 Å². The van der Waals surface area contributed by atoms with Gasteiger partial charge in [-0.3, -0.25) is 9.59 Å². The van der Waals surface area contributed by atoms with Crippen molar-refractivity contribution >= 4 is 24.4 Å². The highest BCUT2D eigenvalue weighted by molar-refractivity contribution is 7.80. The van der Waals surface area contributed by atoms with Gasteiger partial charge in [0.1, 0.15) is 11.5 Å². The van der Waals surface area contributed by atoms with Gasteiger partial charge in [-0.1, -0.05) is 12.1 Å². The van der Waals surface area contributed by atoms with Crippen LogP contribution in [0.1, 0.15) is 30.1 Å². The van der Waals surface area contributed by atoms with E-state index < -0.39 is 6.10 Å². The van der Waals surface area contributed by atoms with Gasteiger partial charge < -0.3 is 20.1 Å². The van der Waals surface area contributed by atoms with Crippen molar-refractivity contribution in [2.75, 3.05) is 13.1 Å². The lowest BCUT2D eigenvalue weighted by molar-refractivity contribution is -0.139. The summed E-state index contributed by atoms with van der Waals surface area (Å²) in [7, 11) is 0. The molecule has 7 heteroatoms.